The number of aryl methyl sites for hydroxylation is 1. The topological polar surface area (TPSA) is 26.0 Å². The van der Waals surface area contributed by atoms with E-state index in [9.17, 15) is 8.78 Å². The fraction of sp³-hybridized carbons (Fsp3) is 0.294. The Morgan fingerprint density at radius 3 is 2.60 bits per heavy atom. The first-order chi connectivity index (χ1) is 9.65. The van der Waals surface area contributed by atoms with E-state index in [0.717, 1.165) is 31.4 Å². The van der Waals surface area contributed by atoms with Gasteiger partial charge in [0.25, 0.3) is 0 Å². The highest BCUT2D eigenvalue weighted by molar-refractivity contribution is 5.31. The minimum absolute atomic E-state index is 0.154. The zero-order valence-electron chi connectivity index (χ0n) is 11.2. The van der Waals surface area contributed by atoms with E-state index in [4.69, 9.17) is 5.73 Å². The lowest BCUT2D eigenvalue weighted by Gasteiger charge is -2.29. The molecule has 0 bridgehead atoms. The van der Waals surface area contributed by atoms with Crippen LogP contribution in [0.3, 0.4) is 0 Å². The van der Waals surface area contributed by atoms with Gasteiger partial charge in [0.2, 0.25) is 0 Å². The molecule has 104 valence electrons. The SMILES string of the molecule is NC(c1cc(F)ccc1F)C1CCc2ccccc2C1. The van der Waals surface area contributed by atoms with Gasteiger partial charge in [0, 0.05) is 11.6 Å². The maximum Gasteiger partial charge on any atom is 0.128 e. The van der Waals surface area contributed by atoms with E-state index in [0.29, 0.717) is 0 Å². The van der Waals surface area contributed by atoms with E-state index in [-0.39, 0.29) is 11.5 Å². The van der Waals surface area contributed by atoms with Gasteiger partial charge in [0.05, 0.1) is 0 Å². The number of hydrogen-bond donors (Lipinski definition) is 1. The number of fused-ring (bicyclic) bond motifs is 1. The Hall–Kier alpha value is -1.74. The average Bonchev–Trinajstić information content (AvgIpc) is 2.48. The van der Waals surface area contributed by atoms with Gasteiger partial charge >= 0.3 is 0 Å². The largest absolute Gasteiger partial charge is 0.324 e. The molecule has 1 aliphatic rings. The zero-order valence-corrected chi connectivity index (χ0v) is 11.2. The Morgan fingerprint density at radius 2 is 1.80 bits per heavy atom. The van der Waals surface area contributed by atoms with E-state index in [1.807, 2.05) is 12.1 Å². The lowest BCUT2D eigenvalue weighted by molar-refractivity contribution is 0.372. The second-order valence-corrected chi connectivity index (χ2v) is 5.46. The van der Waals surface area contributed by atoms with Gasteiger partial charge in [-0.3, -0.25) is 0 Å². The molecule has 1 nitrogen and oxygen atoms in total. The van der Waals surface area contributed by atoms with Crippen LogP contribution < -0.4 is 5.73 Å². The summed E-state index contributed by atoms with van der Waals surface area (Å²) in [6.07, 6.45) is 2.69. The molecule has 0 amide bonds. The Labute approximate surface area is 117 Å². The molecule has 2 N–H and O–H groups in total. The number of halogens is 2. The van der Waals surface area contributed by atoms with Crippen molar-refractivity contribution in [2.24, 2.45) is 11.7 Å². The summed E-state index contributed by atoms with van der Waals surface area (Å²) in [7, 11) is 0. The van der Waals surface area contributed by atoms with Gasteiger partial charge in [-0.15, -0.1) is 0 Å². The summed E-state index contributed by atoms with van der Waals surface area (Å²) in [5.74, 6) is -0.702. The molecule has 2 atom stereocenters. The van der Waals surface area contributed by atoms with Crippen molar-refractivity contribution in [2.75, 3.05) is 0 Å². The van der Waals surface area contributed by atoms with Gasteiger partial charge in [0.15, 0.2) is 0 Å². The molecule has 0 radical (unpaired) electrons. The van der Waals surface area contributed by atoms with Crippen LogP contribution in [0.2, 0.25) is 0 Å². The van der Waals surface area contributed by atoms with Crippen LogP contribution in [-0.4, -0.2) is 0 Å². The second-order valence-electron chi connectivity index (χ2n) is 5.46. The second kappa shape index (κ2) is 5.33. The van der Waals surface area contributed by atoms with Crippen molar-refractivity contribution in [3.05, 3.63) is 70.8 Å². The molecule has 3 heteroatoms. The summed E-state index contributed by atoms with van der Waals surface area (Å²) in [6.45, 7) is 0. The van der Waals surface area contributed by atoms with Crippen molar-refractivity contribution in [3.8, 4) is 0 Å². The van der Waals surface area contributed by atoms with Crippen LogP contribution in [0.4, 0.5) is 8.78 Å². The van der Waals surface area contributed by atoms with Crippen LogP contribution in [0.25, 0.3) is 0 Å². The van der Waals surface area contributed by atoms with E-state index in [1.165, 1.54) is 17.2 Å². The molecule has 0 saturated carbocycles. The fourth-order valence-corrected chi connectivity index (χ4v) is 3.06. The number of rotatable bonds is 2. The molecule has 0 heterocycles. The standard InChI is InChI=1S/C17H17F2N/c18-14-7-8-16(19)15(10-14)17(20)13-6-5-11-3-1-2-4-12(11)9-13/h1-4,7-8,10,13,17H,5-6,9,20H2. The van der Waals surface area contributed by atoms with Crippen LogP contribution in [0.5, 0.6) is 0 Å². The first-order valence-corrected chi connectivity index (χ1v) is 6.92. The summed E-state index contributed by atoms with van der Waals surface area (Å²) in [5.41, 5.74) is 9.09. The predicted octanol–water partition coefficient (Wildman–Crippen LogP) is 3.77. The van der Waals surface area contributed by atoms with Crippen molar-refractivity contribution in [2.45, 2.75) is 25.3 Å². The third-order valence-corrected chi connectivity index (χ3v) is 4.21. The van der Waals surface area contributed by atoms with Crippen LogP contribution >= 0.6 is 0 Å². The summed E-state index contributed by atoms with van der Waals surface area (Å²) in [6, 6.07) is 11.3. The Balaban J connectivity index is 1.85. The van der Waals surface area contributed by atoms with Crippen molar-refractivity contribution in [1.82, 2.24) is 0 Å². The van der Waals surface area contributed by atoms with Gasteiger partial charge in [-0.2, -0.15) is 0 Å². The average molecular weight is 273 g/mol. The Morgan fingerprint density at radius 1 is 1.05 bits per heavy atom. The highest BCUT2D eigenvalue weighted by Gasteiger charge is 2.26. The monoisotopic (exact) mass is 273 g/mol. The smallest absolute Gasteiger partial charge is 0.128 e. The molecular formula is C17H17F2N. The maximum absolute atomic E-state index is 13.8. The number of nitrogens with two attached hydrogens (primary N) is 1. The summed E-state index contributed by atoms with van der Waals surface area (Å²) >= 11 is 0. The first-order valence-electron chi connectivity index (χ1n) is 6.92. The van der Waals surface area contributed by atoms with Crippen molar-refractivity contribution in [3.63, 3.8) is 0 Å². The number of benzene rings is 2. The molecule has 0 fully saturated rings. The van der Waals surface area contributed by atoms with Crippen molar-refractivity contribution < 1.29 is 8.78 Å². The lowest BCUT2D eigenvalue weighted by atomic mass is 9.78. The summed E-state index contributed by atoms with van der Waals surface area (Å²) in [4.78, 5) is 0. The fourth-order valence-electron chi connectivity index (χ4n) is 3.06. The zero-order chi connectivity index (χ0) is 14.1. The normalized spacial score (nSPS) is 19.4. The van der Waals surface area contributed by atoms with E-state index < -0.39 is 17.7 Å². The molecule has 2 aromatic carbocycles. The van der Waals surface area contributed by atoms with Crippen LogP contribution in [-0.2, 0) is 12.8 Å². The summed E-state index contributed by atoms with van der Waals surface area (Å²) < 4.78 is 27.1. The van der Waals surface area contributed by atoms with Crippen molar-refractivity contribution >= 4 is 0 Å². The highest BCUT2D eigenvalue weighted by Crippen LogP contribution is 2.33. The molecule has 0 spiro atoms. The first kappa shape index (κ1) is 13.3. The van der Waals surface area contributed by atoms with E-state index >= 15 is 0 Å². The minimum atomic E-state index is -0.459. The molecule has 0 aliphatic heterocycles. The lowest BCUT2D eigenvalue weighted by Crippen LogP contribution is -2.27. The third kappa shape index (κ3) is 2.46. The molecule has 0 aromatic heterocycles. The van der Waals surface area contributed by atoms with Crippen LogP contribution in [0.15, 0.2) is 42.5 Å². The van der Waals surface area contributed by atoms with E-state index in [2.05, 4.69) is 12.1 Å². The Bertz CT molecular complexity index is 624. The molecule has 1 aliphatic carbocycles. The molecule has 2 aromatic rings. The maximum atomic E-state index is 13.8. The minimum Gasteiger partial charge on any atom is -0.324 e. The van der Waals surface area contributed by atoms with Crippen LogP contribution in [0, 0.1) is 17.6 Å². The van der Waals surface area contributed by atoms with Gasteiger partial charge in [0.1, 0.15) is 11.6 Å². The quantitative estimate of drug-likeness (QED) is 0.885. The Kier molecular flexibility index (Phi) is 3.53. The van der Waals surface area contributed by atoms with Gasteiger partial charge < -0.3 is 5.73 Å². The molecule has 0 saturated heterocycles. The summed E-state index contributed by atoms with van der Waals surface area (Å²) in [5, 5.41) is 0. The molecule has 3 rings (SSSR count). The van der Waals surface area contributed by atoms with Gasteiger partial charge in [-0.25, -0.2) is 8.78 Å². The number of hydrogen-bond acceptors (Lipinski definition) is 1. The van der Waals surface area contributed by atoms with Crippen LogP contribution in [0.1, 0.15) is 29.2 Å². The van der Waals surface area contributed by atoms with Crippen molar-refractivity contribution in [1.29, 1.82) is 0 Å². The highest BCUT2D eigenvalue weighted by atomic mass is 19.1. The molecular weight excluding hydrogens is 256 g/mol. The van der Waals surface area contributed by atoms with E-state index in [1.54, 1.807) is 0 Å². The third-order valence-electron chi connectivity index (χ3n) is 4.21. The molecule has 20 heavy (non-hydrogen) atoms. The van der Waals surface area contributed by atoms with Gasteiger partial charge in [-0.1, -0.05) is 24.3 Å². The van der Waals surface area contributed by atoms with Gasteiger partial charge in [-0.05, 0) is 54.5 Å². The predicted molar refractivity (Wildman–Crippen MR) is 75.2 cm³/mol. The molecule has 2 unspecified atom stereocenters.